The lowest BCUT2D eigenvalue weighted by Crippen LogP contribution is -2.43. The number of hydrogen-bond donors (Lipinski definition) is 0. The zero-order valence-corrected chi connectivity index (χ0v) is 12.4. The highest BCUT2D eigenvalue weighted by Crippen LogP contribution is 2.50. The molecule has 4 nitrogen and oxygen atoms in total. The van der Waals surface area contributed by atoms with Crippen LogP contribution in [0.2, 0.25) is 0 Å². The van der Waals surface area contributed by atoms with E-state index in [1.54, 1.807) is 0 Å². The molecule has 0 spiro atoms. The van der Waals surface area contributed by atoms with Gasteiger partial charge in [-0.1, -0.05) is 12.8 Å². The first-order chi connectivity index (χ1) is 10.2. The van der Waals surface area contributed by atoms with E-state index in [1.807, 2.05) is 6.07 Å². The molecule has 2 fully saturated rings. The number of hydrogen-bond acceptors (Lipinski definition) is 4. The molecule has 1 saturated carbocycles. The van der Waals surface area contributed by atoms with Gasteiger partial charge in [-0.25, -0.2) is 0 Å². The summed E-state index contributed by atoms with van der Waals surface area (Å²) in [5.41, 5.74) is 2.09. The first-order valence-corrected chi connectivity index (χ1v) is 7.79. The van der Waals surface area contributed by atoms with Crippen LogP contribution in [-0.2, 0) is 5.41 Å². The summed E-state index contributed by atoms with van der Waals surface area (Å²) >= 11 is 0. The third kappa shape index (κ3) is 1.77. The molecule has 1 saturated heterocycles. The molecule has 2 heterocycles. The van der Waals surface area contributed by atoms with Gasteiger partial charge in [0.1, 0.15) is 6.07 Å². The van der Waals surface area contributed by atoms with Gasteiger partial charge in [0.05, 0.1) is 5.56 Å². The maximum absolute atomic E-state index is 9.42. The lowest BCUT2D eigenvalue weighted by molar-refractivity contribution is 0.172. The monoisotopic (exact) mass is 284 g/mol. The third-order valence-electron chi connectivity index (χ3n) is 5.60. The molecule has 4 heteroatoms. The minimum atomic E-state index is 0.194. The fourth-order valence-electron chi connectivity index (χ4n) is 4.55. The number of fused-ring (bicyclic) bond motifs is 2. The van der Waals surface area contributed by atoms with Crippen LogP contribution in [0.3, 0.4) is 0 Å². The van der Waals surface area contributed by atoms with E-state index < -0.39 is 0 Å². The van der Waals surface area contributed by atoms with Crippen LogP contribution in [0.15, 0.2) is 12.1 Å². The Morgan fingerprint density at radius 2 is 2.19 bits per heavy atom. The fraction of sp³-hybridized carbons (Fsp3) is 0.588. The number of benzene rings is 1. The highest BCUT2D eigenvalue weighted by Gasteiger charge is 2.48. The lowest BCUT2D eigenvalue weighted by atomic mass is 9.66. The molecule has 0 aromatic heterocycles. The quantitative estimate of drug-likeness (QED) is 0.795. The van der Waals surface area contributed by atoms with Crippen molar-refractivity contribution in [1.29, 1.82) is 5.26 Å². The molecule has 2 aliphatic heterocycles. The van der Waals surface area contributed by atoms with E-state index >= 15 is 0 Å². The smallest absolute Gasteiger partial charge is 0.231 e. The summed E-state index contributed by atoms with van der Waals surface area (Å²) in [6.07, 6.45) is 6.24. The van der Waals surface area contributed by atoms with Gasteiger partial charge >= 0.3 is 0 Å². The van der Waals surface area contributed by atoms with E-state index in [1.165, 1.54) is 37.7 Å². The molecule has 0 N–H and O–H groups in total. The minimum absolute atomic E-state index is 0.194. The van der Waals surface area contributed by atoms with Crippen molar-refractivity contribution in [2.24, 2.45) is 0 Å². The molecule has 0 amide bonds. The predicted octanol–water partition coefficient (Wildman–Crippen LogP) is 2.80. The van der Waals surface area contributed by atoms with Crippen molar-refractivity contribution in [3.63, 3.8) is 0 Å². The maximum Gasteiger partial charge on any atom is 0.231 e. The van der Waals surface area contributed by atoms with Crippen molar-refractivity contribution in [1.82, 2.24) is 4.90 Å². The molecule has 0 bridgehead atoms. The molecular weight excluding hydrogens is 264 g/mol. The Labute approximate surface area is 125 Å². The van der Waals surface area contributed by atoms with Crippen molar-refractivity contribution in [3.8, 4) is 17.6 Å². The Bertz CT molecular complexity index is 618. The van der Waals surface area contributed by atoms with Crippen LogP contribution in [0.1, 0.15) is 43.2 Å². The zero-order valence-electron chi connectivity index (χ0n) is 12.4. The molecule has 21 heavy (non-hydrogen) atoms. The Morgan fingerprint density at radius 3 is 3.05 bits per heavy atom. The Balaban J connectivity index is 1.84. The van der Waals surface area contributed by atoms with Crippen molar-refractivity contribution in [2.75, 3.05) is 20.4 Å². The van der Waals surface area contributed by atoms with Crippen LogP contribution in [0.5, 0.6) is 11.5 Å². The van der Waals surface area contributed by atoms with Crippen molar-refractivity contribution < 1.29 is 9.47 Å². The van der Waals surface area contributed by atoms with E-state index in [-0.39, 0.29) is 12.2 Å². The van der Waals surface area contributed by atoms with E-state index in [2.05, 4.69) is 24.1 Å². The topological polar surface area (TPSA) is 45.5 Å². The van der Waals surface area contributed by atoms with Crippen LogP contribution in [-0.4, -0.2) is 31.3 Å². The molecule has 3 aliphatic rings. The highest BCUT2D eigenvalue weighted by molar-refractivity contribution is 5.57. The summed E-state index contributed by atoms with van der Waals surface area (Å²) in [6.45, 7) is 1.37. The summed E-state index contributed by atoms with van der Waals surface area (Å²) in [7, 11) is 2.23. The maximum atomic E-state index is 9.42. The Hall–Kier alpha value is -1.73. The first-order valence-electron chi connectivity index (χ1n) is 7.79. The Kier molecular flexibility index (Phi) is 2.87. The van der Waals surface area contributed by atoms with Crippen LogP contribution >= 0.6 is 0 Å². The van der Waals surface area contributed by atoms with Gasteiger partial charge in [0, 0.05) is 11.5 Å². The summed E-state index contributed by atoms with van der Waals surface area (Å²) in [5.74, 6) is 1.37. The van der Waals surface area contributed by atoms with Gasteiger partial charge in [0.25, 0.3) is 0 Å². The van der Waals surface area contributed by atoms with Gasteiger partial charge in [-0.2, -0.15) is 5.26 Å². The lowest BCUT2D eigenvalue weighted by Gasteiger charge is -2.41. The van der Waals surface area contributed by atoms with E-state index in [9.17, 15) is 5.26 Å². The van der Waals surface area contributed by atoms with E-state index in [0.29, 0.717) is 17.4 Å². The summed E-state index contributed by atoms with van der Waals surface area (Å²) in [5, 5.41) is 9.42. The number of rotatable bonds is 1. The van der Waals surface area contributed by atoms with Gasteiger partial charge in [-0.3, -0.25) is 0 Å². The van der Waals surface area contributed by atoms with Gasteiger partial charge < -0.3 is 14.4 Å². The average Bonchev–Trinajstić information content (AvgIpc) is 3.12. The molecule has 1 aromatic carbocycles. The third-order valence-corrected chi connectivity index (χ3v) is 5.60. The van der Waals surface area contributed by atoms with Crippen LogP contribution in [0, 0.1) is 11.3 Å². The fourth-order valence-corrected chi connectivity index (χ4v) is 4.55. The van der Waals surface area contributed by atoms with Crippen molar-refractivity contribution >= 4 is 0 Å². The highest BCUT2D eigenvalue weighted by atomic mass is 16.7. The predicted molar refractivity (Wildman–Crippen MR) is 78.5 cm³/mol. The number of nitrogens with zero attached hydrogens (tertiary/aromatic N) is 2. The first kappa shape index (κ1) is 13.0. The molecule has 0 unspecified atom stereocenters. The number of likely N-dealkylation sites (tertiary alicyclic amines) is 1. The van der Waals surface area contributed by atoms with E-state index in [0.717, 1.165) is 12.3 Å². The second-order valence-corrected chi connectivity index (χ2v) is 6.52. The largest absolute Gasteiger partial charge is 0.454 e. The van der Waals surface area contributed by atoms with Crippen LogP contribution < -0.4 is 9.47 Å². The number of nitriles is 1. The summed E-state index contributed by atoms with van der Waals surface area (Å²) < 4.78 is 11.0. The molecule has 1 aromatic rings. The summed E-state index contributed by atoms with van der Waals surface area (Å²) in [6, 6.07) is 7.04. The SMILES string of the molecule is CN1CC[C@]2(c3cc(C#N)c4c(c3)OCO4)CCCC[C@H]12. The van der Waals surface area contributed by atoms with Crippen molar-refractivity contribution in [2.45, 2.75) is 43.6 Å². The molecule has 110 valence electrons. The normalized spacial score (nSPS) is 31.0. The zero-order chi connectivity index (χ0) is 14.4. The van der Waals surface area contributed by atoms with Gasteiger partial charge in [0.2, 0.25) is 6.79 Å². The summed E-state index contributed by atoms with van der Waals surface area (Å²) in [4.78, 5) is 2.50. The second-order valence-electron chi connectivity index (χ2n) is 6.52. The second kappa shape index (κ2) is 4.64. The molecule has 0 radical (unpaired) electrons. The van der Waals surface area contributed by atoms with Gasteiger partial charge in [-0.05, 0) is 50.6 Å². The Morgan fingerprint density at radius 1 is 1.29 bits per heavy atom. The standard InChI is InChI=1S/C17H20N2O2/c1-19-7-6-17(5-3-2-4-15(17)19)13-8-12(10-18)16-14(9-13)20-11-21-16/h8-9,15H,2-7,11H2,1H3/t15-,17-/m0/s1. The van der Waals surface area contributed by atoms with E-state index in [4.69, 9.17) is 9.47 Å². The number of ether oxygens (including phenoxy) is 2. The minimum Gasteiger partial charge on any atom is -0.454 e. The van der Waals surface area contributed by atoms with Gasteiger partial charge in [0.15, 0.2) is 11.5 Å². The molecule has 4 rings (SSSR count). The molecule has 1 aliphatic carbocycles. The van der Waals surface area contributed by atoms with Crippen LogP contribution in [0.4, 0.5) is 0 Å². The molecule has 2 atom stereocenters. The average molecular weight is 284 g/mol. The number of likely N-dealkylation sites (N-methyl/N-ethyl adjacent to an activating group) is 1. The molecular formula is C17H20N2O2. The van der Waals surface area contributed by atoms with Crippen LogP contribution in [0.25, 0.3) is 0 Å². The van der Waals surface area contributed by atoms with Crippen molar-refractivity contribution in [3.05, 3.63) is 23.3 Å². The van der Waals surface area contributed by atoms with Gasteiger partial charge in [-0.15, -0.1) is 0 Å².